The van der Waals surface area contributed by atoms with Gasteiger partial charge in [-0.15, -0.1) is 0 Å². The van der Waals surface area contributed by atoms with Crippen LogP contribution in [0.25, 0.3) is 5.57 Å². The molecule has 1 fully saturated rings. The Bertz CT molecular complexity index is 887. The Hall–Kier alpha value is -1.92. The Morgan fingerprint density at radius 1 is 1.10 bits per heavy atom. The second kappa shape index (κ2) is 7.59. The summed E-state index contributed by atoms with van der Waals surface area (Å²) in [5.74, 6) is -5.61. The van der Waals surface area contributed by atoms with E-state index in [2.05, 4.69) is 20.3 Å². The average Bonchev–Trinajstić information content (AvgIpc) is 2.57. The van der Waals surface area contributed by atoms with Gasteiger partial charge in [-0.25, -0.2) is 13.2 Å². The SMILES string of the molecule is [B]C1([B])CCC(c2nc(NC3CC(F)(F)C3)nc(N[C@@H](C)C(F)(F)F)n2)=C(F)[C@@]1([B])O. The van der Waals surface area contributed by atoms with Crippen molar-refractivity contribution >= 4 is 41.0 Å². The molecule has 0 saturated heterocycles. The Labute approximate surface area is 177 Å². The number of hydrogen-bond donors (Lipinski definition) is 3. The Morgan fingerprint density at radius 2 is 1.68 bits per heavy atom. The van der Waals surface area contributed by atoms with Crippen molar-refractivity contribution in [2.45, 2.75) is 67.5 Å². The zero-order valence-corrected chi connectivity index (χ0v) is 16.3. The molecule has 0 bridgehead atoms. The van der Waals surface area contributed by atoms with Crippen molar-refractivity contribution in [3.63, 3.8) is 0 Å². The lowest BCUT2D eigenvalue weighted by Gasteiger charge is -2.45. The van der Waals surface area contributed by atoms with Gasteiger partial charge in [0.2, 0.25) is 11.9 Å². The van der Waals surface area contributed by atoms with Crippen molar-refractivity contribution < 1.29 is 31.4 Å². The second-order valence-electron chi connectivity index (χ2n) is 7.92. The molecule has 0 unspecified atom stereocenters. The van der Waals surface area contributed by atoms with Gasteiger partial charge in [-0.2, -0.15) is 28.1 Å². The summed E-state index contributed by atoms with van der Waals surface area (Å²) >= 11 is 0. The molecule has 1 aromatic rings. The third-order valence-corrected chi connectivity index (χ3v) is 5.26. The van der Waals surface area contributed by atoms with E-state index in [1.54, 1.807) is 0 Å². The summed E-state index contributed by atoms with van der Waals surface area (Å²) in [6.45, 7) is 0.805. The number of alkyl halides is 5. The maximum Gasteiger partial charge on any atom is 0.408 e. The van der Waals surface area contributed by atoms with Crippen LogP contribution in [0.3, 0.4) is 0 Å². The highest BCUT2D eigenvalue weighted by Crippen LogP contribution is 2.49. The van der Waals surface area contributed by atoms with E-state index in [-0.39, 0.29) is 24.4 Å². The lowest BCUT2D eigenvalue weighted by molar-refractivity contribution is -0.138. The van der Waals surface area contributed by atoms with Crippen molar-refractivity contribution in [2.24, 2.45) is 0 Å². The third kappa shape index (κ3) is 4.80. The van der Waals surface area contributed by atoms with Gasteiger partial charge < -0.3 is 15.7 Å². The molecular weight excluding hydrogens is 425 g/mol. The van der Waals surface area contributed by atoms with E-state index in [1.165, 1.54) is 0 Å². The van der Waals surface area contributed by atoms with Gasteiger partial charge >= 0.3 is 6.18 Å². The van der Waals surface area contributed by atoms with Gasteiger partial charge in [0.15, 0.2) is 5.82 Å². The molecule has 15 heteroatoms. The van der Waals surface area contributed by atoms with Gasteiger partial charge in [0.1, 0.15) is 19.7 Å². The fourth-order valence-electron chi connectivity index (χ4n) is 3.14. The van der Waals surface area contributed by atoms with Crippen LogP contribution in [0.15, 0.2) is 5.83 Å². The van der Waals surface area contributed by atoms with E-state index in [1.807, 2.05) is 5.32 Å². The molecule has 1 aromatic heterocycles. The number of anilines is 2. The maximum atomic E-state index is 14.9. The van der Waals surface area contributed by atoms with E-state index >= 15 is 0 Å². The van der Waals surface area contributed by atoms with E-state index < -0.39 is 65.3 Å². The molecule has 2 aliphatic carbocycles. The predicted molar refractivity (Wildman–Crippen MR) is 103 cm³/mol. The van der Waals surface area contributed by atoms with Crippen LogP contribution in [0.1, 0.15) is 38.4 Å². The number of halogens is 6. The van der Waals surface area contributed by atoms with Gasteiger partial charge in [-0.05, 0) is 13.3 Å². The molecule has 31 heavy (non-hydrogen) atoms. The summed E-state index contributed by atoms with van der Waals surface area (Å²) in [6, 6.07) is -2.82. The summed E-state index contributed by atoms with van der Waals surface area (Å²) in [5, 5.41) is 12.8. The van der Waals surface area contributed by atoms with Gasteiger partial charge in [-0.1, -0.05) is 11.6 Å². The molecule has 0 aliphatic heterocycles. The topological polar surface area (TPSA) is 83.0 Å². The van der Waals surface area contributed by atoms with Crippen molar-refractivity contribution in [3.05, 3.63) is 11.7 Å². The summed E-state index contributed by atoms with van der Waals surface area (Å²) in [7, 11) is 16.8. The normalized spacial score (nSPS) is 26.8. The molecule has 1 heterocycles. The minimum atomic E-state index is -4.65. The van der Waals surface area contributed by atoms with Crippen LogP contribution in [-0.4, -0.2) is 73.3 Å². The molecular formula is C16H16B3F6N5O. The zero-order valence-electron chi connectivity index (χ0n) is 16.3. The Kier molecular flexibility index (Phi) is 5.82. The zero-order chi connectivity index (χ0) is 23.4. The first kappa shape index (κ1) is 23.7. The monoisotopic (exact) mass is 441 g/mol. The van der Waals surface area contributed by atoms with E-state index in [9.17, 15) is 31.4 Å². The van der Waals surface area contributed by atoms with Gasteiger partial charge in [0, 0.05) is 24.5 Å². The molecule has 0 aromatic carbocycles. The van der Waals surface area contributed by atoms with Gasteiger partial charge in [0.05, 0.1) is 21.2 Å². The highest BCUT2D eigenvalue weighted by atomic mass is 19.4. The highest BCUT2D eigenvalue weighted by molar-refractivity contribution is 6.45. The summed E-state index contributed by atoms with van der Waals surface area (Å²) in [6.07, 6.45) is -6.11. The van der Waals surface area contributed by atoms with Crippen LogP contribution in [0.4, 0.5) is 38.2 Å². The van der Waals surface area contributed by atoms with Crippen molar-refractivity contribution in [1.82, 2.24) is 15.0 Å². The Balaban J connectivity index is 1.99. The smallest absolute Gasteiger partial charge is 0.394 e. The molecule has 6 nitrogen and oxygen atoms in total. The molecule has 3 rings (SSSR count). The van der Waals surface area contributed by atoms with Gasteiger partial charge in [-0.3, -0.25) is 0 Å². The van der Waals surface area contributed by atoms with Crippen molar-refractivity contribution in [2.75, 3.05) is 10.6 Å². The van der Waals surface area contributed by atoms with E-state index in [0.717, 1.165) is 6.92 Å². The van der Waals surface area contributed by atoms with Crippen LogP contribution >= 0.6 is 0 Å². The van der Waals surface area contributed by atoms with Crippen LogP contribution < -0.4 is 10.6 Å². The molecule has 1 saturated carbocycles. The predicted octanol–water partition coefficient (Wildman–Crippen LogP) is 2.23. The number of allylic oxidation sites excluding steroid dienone is 1. The lowest BCUT2D eigenvalue weighted by Crippen LogP contribution is -2.48. The van der Waals surface area contributed by atoms with Crippen LogP contribution in [0, 0.1) is 0 Å². The molecule has 2 aliphatic rings. The third-order valence-electron chi connectivity index (χ3n) is 5.26. The first-order valence-corrected chi connectivity index (χ1v) is 9.24. The van der Waals surface area contributed by atoms with E-state index in [0.29, 0.717) is 0 Å². The molecule has 2 atom stereocenters. The largest absolute Gasteiger partial charge is 0.408 e. The van der Waals surface area contributed by atoms with Crippen LogP contribution in [-0.2, 0) is 0 Å². The summed E-state index contributed by atoms with van der Waals surface area (Å²) in [4.78, 5) is 11.5. The molecule has 0 spiro atoms. The molecule has 162 valence electrons. The lowest BCUT2D eigenvalue weighted by atomic mass is 9.37. The number of rotatable bonds is 5. The quantitative estimate of drug-likeness (QED) is 0.481. The number of nitrogens with one attached hydrogen (secondary N) is 2. The fourth-order valence-corrected chi connectivity index (χ4v) is 3.14. The molecule has 3 N–H and O–H groups in total. The molecule has 6 radical (unpaired) electrons. The summed E-state index contributed by atoms with van der Waals surface area (Å²) in [5.41, 5.74) is -3.13. The first-order valence-electron chi connectivity index (χ1n) is 9.24. The van der Waals surface area contributed by atoms with Crippen LogP contribution in [0.2, 0.25) is 5.21 Å². The highest BCUT2D eigenvalue weighted by Gasteiger charge is 2.47. The summed E-state index contributed by atoms with van der Waals surface area (Å²) < 4.78 is 79.8. The molecule has 0 amide bonds. The second-order valence-corrected chi connectivity index (χ2v) is 7.92. The number of hydrogen-bond acceptors (Lipinski definition) is 6. The van der Waals surface area contributed by atoms with Crippen LogP contribution in [0.5, 0.6) is 0 Å². The van der Waals surface area contributed by atoms with Crippen molar-refractivity contribution in [3.8, 4) is 0 Å². The maximum absolute atomic E-state index is 14.9. The average molecular weight is 441 g/mol. The minimum absolute atomic E-state index is 0.197. The minimum Gasteiger partial charge on any atom is -0.394 e. The van der Waals surface area contributed by atoms with E-state index in [4.69, 9.17) is 23.5 Å². The fraction of sp³-hybridized carbons (Fsp3) is 0.688. The van der Waals surface area contributed by atoms with Gasteiger partial charge in [0.25, 0.3) is 5.92 Å². The number of aromatic nitrogens is 3. The standard InChI is InChI=1S/C16H16B3F6N5O/c1-6(16(23,24)25)26-11-28-10(8-2-3-14(17,18)15(19,31)9(8)20)29-12(30-11)27-7-4-13(21,22)5-7/h6-7,31H,2-5H2,1H3,(H2,26,27,28,29,30)/t6-,15+/m0/s1. The Morgan fingerprint density at radius 3 is 2.23 bits per heavy atom. The van der Waals surface area contributed by atoms with Crippen molar-refractivity contribution in [1.29, 1.82) is 0 Å². The number of nitrogens with zero attached hydrogens (tertiary/aromatic N) is 3. The number of aliphatic hydroxyl groups is 1. The first-order chi connectivity index (χ1) is 14.0.